The molecule has 0 spiro atoms. The first-order valence-corrected chi connectivity index (χ1v) is 6.63. The number of hydrogen-bond donors (Lipinski definition) is 0. The van der Waals surface area contributed by atoms with Crippen molar-refractivity contribution in [3.05, 3.63) is 83.2 Å². The average molecular weight is 287 g/mol. The van der Waals surface area contributed by atoms with Crippen molar-refractivity contribution in [2.24, 2.45) is 0 Å². The second-order valence-corrected chi connectivity index (χ2v) is 4.93. The topological polar surface area (TPSA) is 17.8 Å². The minimum absolute atomic E-state index is 0.227. The fraction of sp³-hybridized carbons (Fsp3) is 0.0625. The summed E-state index contributed by atoms with van der Waals surface area (Å²) in [5, 5.41) is 0.703. The fourth-order valence-electron chi connectivity index (χ4n) is 2.09. The van der Waals surface area contributed by atoms with Gasteiger partial charge in [-0.05, 0) is 42.0 Å². The third kappa shape index (κ3) is 2.73. The van der Waals surface area contributed by atoms with Gasteiger partial charge in [-0.2, -0.15) is 0 Å². The molecule has 0 bridgehead atoms. The van der Waals surface area contributed by atoms with Gasteiger partial charge in [0.15, 0.2) is 0 Å². The molecule has 0 saturated heterocycles. The number of rotatable bonds is 3. The van der Waals surface area contributed by atoms with Crippen molar-refractivity contribution in [1.29, 1.82) is 0 Å². The van der Waals surface area contributed by atoms with E-state index in [0.717, 1.165) is 17.1 Å². The largest absolute Gasteiger partial charge is 0.303 e. The molecular weight excluding hydrogens is 275 g/mol. The maximum absolute atomic E-state index is 12.9. The van der Waals surface area contributed by atoms with E-state index in [0.29, 0.717) is 11.4 Å². The Kier molecular flexibility index (Phi) is 3.52. The molecule has 2 aromatic carbocycles. The summed E-state index contributed by atoms with van der Waals surface area (Å²) >= 11 is 5.90. The van der Waals surface area contributed by atoms with Crippen LogP contribution in [-0.2, 0) is 6.42 Å². The molecule has 2 nitrogen and oxygen atoms in total. The van der Waals surface area contributed by atoms with Crippen molar-refractivity contribution in [3.8, 4) is 5.69 Å². The Morgan fingerprint density at radius 1 is 1.00 bits per heavy atom. The van der Waals surface area contributed by atoms with Gasteiger partial charge in [-0.1, -0.05) is 23.7 Å². The van der Waals surface area contributed by atoms with Gasteiger partial charge in [0.05, 0.1) is 0 Å². The Bertz CT molecular complexity index is 702. The molecule has 0 aliphatic rings. The molecule has 0 radical (unpaired) electrons. The van der Waals surface area contributed by atoms with Crippen LogP contribution < -0.4 is 0 Å². The quantitative estimate of drug-likeness (QED) is 0.703. The molecule has 3 aromatic rings. The molecule has 0 aliphatic carbocycles. The number of aromatic nitrogens is 2. The van der Waals surface area contributed by atoms with E-state index >= 15 is 0 Å². The molecule has 100 valence electrons. The molecular formula is C16H12ClFN2. The molecule has 20 heavy (non-hydrogen) atoms. The van der Waals surface area contributed by atoms with Crippen molar-refractivity contribution in [1.82, 2.24) is 9.55 Å². The summed E-state index contributed by atoms with van der Waals surface area (Å²) in [6.45, 7) is 0. The summed E-state index contributed by atoms with van der Waals surface area (Å²) in [4.78, 5) is 4.37. The Morgan fingerprint density at radius 2 is 1.70 bits per heavy atom. The lowest BCUT2D eigenvalue weighted by atomic mass is 10.1. The van der Waals surface area contributed by atoms with Gasteiger partial charge < -0.3 is 4.57 Å². The molecule has 0 saturated carbocycles. The van der Waals surface area contributed by atoms with Crippen molar-refractivity contribution in [2.45, 2.75) is 6.42 Å². The number of halogens is 2. The van der Waals surface area contributed by atoms with Crippen LogP contribution in [0.25, 0.3) is 5.69 Å². The first-order valence-electron chi connectivity index (χ1n) is 6.25. The highest BCUT2D eigenvalue weighted by atomic mass is 35.5. The zero-order chi connectivity index (χ0) is 13.9. The first-order chi connectivity index (χ1) is 9.72. The highest BCUT2D eigenvalue weighted by molar-refractivity contribution is 6.30. The van der Waals surface area contributed by atoms with Crippen molar-refractivity contribution >= 4 is 11.6 Å². The first kappa shape index (κ1) is 12.9. The van der Waals surface area contributed by atoms with Gasteiger partial charge in [-0.3, -0.25) is 0 Å². The van der Waals surface area contributed by atoms with E-state index in [-0.39, 0.29) is 5.82 Å². The van der Waals surface area contributed by atoms with Crippen LogP contribution in [0.4, 0.5) is 4.39 Å². The summed E-state index contributed by atoms with van der Waals surface area (Å²) in [5.41, 5.74) is 2.02. The fourth-order valence-corrected chi connectivity index (χ4v) is 2.21. The molecule has 0 aliphatic heterocycles. The van der Waals surface area contributed by atoms with Crippen LogP contribution in [0.2, 0.25) is 5.02 Å². The van der Waals surface area contributed by atoms with Gasteiger partial charge in [0, 0.05) is 29.5 Å². The molecule has 4 heteroatoms. The summed E-state index contributed by atoms with van der Waals surface area (Å²) < 4.78 is 14.9. The van der Waals surface area contributed by atoms with E-state index in [9.17, 15) is 4.39 Å². The molecule has 1 heterocycles. The molecule has 3 rings (SSSR count). The second-order valence-electron chi connectivity index (χ2n) is 4.49. The van der Waals surface area contributed by atoms with Crippen molar-refractivity contribution in [3.63, 3.8) is 0 Å². The lowest BCUT2D eigenvalue weighted by molar-refractivity contribution is 0.627. The number of nitrogens with zero attached hydrogens (tertiary/aromatic N) is 2. The normalized spacial score (nSPS) is 10.7. The Balaban J connectivity index is 1.90. The van der Waals surface area contributed by atoms with Gasteiger partial charge in [-0.25, -0.2) is 9.37 Å². The minimum atomic E-state index is -0.227. The zero-order valence-corrected chi connectivity index (χ0v) is 11.4. The Hall–Kier alpha value is -2.13. The third-order valence-electron chi connectivity index (χ3n) is 3.10. The van der Waals surface area contributed by atoms with E-state index in [4.69, 9.17) is 11.6 Å². The maximum Gasteiger partial charge on any atom is 0.123 e. The van der Waals surface area contributed by atoms with Crippen LogP contribution in [0, 0.1) is 5.82 Å². The number of benzene rings is 2. The molecule has 0 N–H and O–H groups in total. The summed E-state index contributed by atoms with van der Waals surface area (Å²) in [5.74, 6) is 0.675. The lowest BCUT2D eigenvalue weighted by Gasteiger charge is -2.08. The average Bonchev–Trinajstić information content (AvgIpc) is 2.90. The Labute approximate surface area is 121 Å². The van der Waals surface area contributed by atoms with Gasteiger partial charge >= 0.3 is 0 Å². The molecule has 1 aromatic heterocycles. The molecule has 0 unspecified atom stereocenters. The van der Waals surface area contributed by atoms with E-state index < -0.39 is 0 Å². The van der Waals surface area contributed by atoms with Crippen LogP contribution in [0.15, 0.2) is 60.9 Å². The van der Waals surface area contributed by atoms with E-state index in [1.807, 2.05) is 35.0 Å². The minimum Gasteiger partial charge on any atom is -0.303 e. The van der Waals surface area contributed by atoms with Crippen LogP contribution in [0.3, 0.4) is 0 Å². The summed E-state index contributed by atoms with van der Waals surface area (Å²) in [6.07, 6.45) is 4.31. The number of imidazole rings is 1. The lowest BCUT2D eigenvalue weighted by Crippen LogP contribution is -2.01. The second kappa shape index (κ2) is 5.47. The molecule has 0 amide bonds. The predicted octanol–water partition coefficient (Wildman–Crippen LogP) is 4.26. The van der Waals surface area contributed by atoms with Crippen LogP contribution in [0.1, 0.15) is 11.4 Å². The van der Waals surface area contributed by atoms with Crippen LogP contribution in [-0.4, -0.2) is 9.55 Å². The smallest absolute Gasteiger partial charge is 0.123 e. The molecule has 0 fully saturated rings. The van der Waals surface area contributed by atoms with Gasteiger partial charge in [0.2, 0.25) is 0 Å². The highest BCUT2D eigenvalue weighted by Gasteiger charge is 2.06. The van der Waals surface area contributed by atoms with Gasteiger partial charge in [0.1, 0.15) is 11.6 Å². The predicted molar refractivity (Wildman–Crippen MR) is 77.8 cm³/mol. The maximum atomic E-state index is 12.9. The number of hydrogen-bond acceptors (Lipinski definition) is 1. The van der Waals surface area contributed by atoms with Crippen LogP contribution >= 0.6 is 11.6 Å². The van der Waals surface area contributed by atoms with Crippen molar-refractivity contribution in [2.75, 3.05) is 0 Å². The van der Waals surface area contributed by atoms with Crippen molar-refractivity contribution < 1.29 is 4.39 Å². The van der Waals surface area contributed by atoms with E-state index in [2.05, 4.69) is 4.98 Å². The van der Waals surface area contributed by atoms with E-state index in [1.54, 1.807) is 18.3 Å². The summed E-state index contributed by atoms with van der Waals surface area (Å²) in [6, 6.07) is 14.1. The molecule has 0 atom stereocenters. The van der Waals surface area contributed by atoms with Gasteiger partial charge in [0.25, 0.3) is 0 Å². The monoisotopic (exact) mass is 286 g/mol. The van der Waals surface area contributed by atoms with Crippen LogP contribution in [0.5, 0.6) is 0 Å². The highest BCUT2D eigenvalue weighted by Crippen LogP contribution is 2.17. The zero-order valence-electron chi connectivity index (χ0n) is 10.6. The Morgan fingerprint density at radius 3 is 2.40 bits per heavy atom. The standard InChI is InChI=1S/C16H12ClFN2/c17-13-3-7-15(8-4-13)20-10-9-19-16(20)11-12-1-5-14(18)6-2-12/h1-10H,11H2. The summed E-state index contributed by atoms with van der Waals surface area (Å²) in [7, 11) is 0. The van der Waals surface area contributed by atoms with Gasteiger partial charge in [-0.15, -0.1) is 0 Å². The SMILES string of the molecule is Fc1ccc(Cc2nccn2-c2ccc(Cl)cc2)cc1. The third-order valence-corrected chi connectivity index (χ3v) is 3.35. The van der Waals surface area contributed by atoms with E-state index in [1.165, 1.54) is 12.1 Å².